The number of aromatic nitrogens is 1. The summed E-state index contributed by atoms with van der Waals surface area (Å²) in [6.45, 7) is 5.84. The van der Waals surface area contributed by atoms with Crippen molar-refractivity contribution < 1.29 is 12.6 Å². The van der Waals surface area contributed by atoms with Crippen LogP contribution in [0.15, 0.2) is 15.5 Å². The highest BCUT2D eigenvalue weighted by Crippen LogP contribution is 2.30. The standard InChI is InChI=1S/C12H18BrN3O3S/c1-8(2)16(4)7-14-11-6-10(13)12(15-9(11)3)19-20(5,17)18/h6-8H,1-5H3. The lowest BCUT2D eigenvalue weighted by molar-refractivity contribution is 0.429. The number of nitrogens with zero attached hydrogens (tertiary/aromatic N) is 3. The molecule has 1 heterocycles. The number of halogens is 1. The maximum absolute atomic E-state index is 11.1. The molecule has 0 saturated carbocycles. The summed E-state index contributed by atoms with van der Waals surface area (Å²) in [5.74, 6) is 0.0150. The van der Waals surface area contributed by atoms with Gasteiger partial charge in [0.05, 0.1) is 28.4 Å². The van der Waals surface area contributed by atoms with Gasteiger partial charge >= 0.3 is 10.1 Å². The van der Waals surface area contributed by atoms with E-state index in [9.17, 15) is 8.42 Å². The van der Waals surface area contributed by atoms with Crippen LogP contribution in [0.1, 0.15) is 19.5 Å². The Morgan fingerprint density at radius 3 is 2.60 bits per heavy atom. The Hall–Kier alpha value is -1.15. The van der Waals surface area contributed by atoms with Gasteiger partial charge in [0.15, 0.2) is 0 Å². The van der Waals surface area contributed by atoms with E-state index in [4.69, 9.17) is 4.18 Å². The number of pyridine rings is 1. The minimum absolute atomic E-state index is 0.0150. The Bertz CT molecular complexity index is 615. The number of hydrogen-bond donors (Lipinski definition) is 0. The summed E-state index contributed by atoms with van der Waals surface area (Å²) in [5.41, 5.74) is 1.23. The van der Waals surface area contributed by atoms with E-state index in [-0.39, 0.29) is 5.88 Å². The molecule has 6 nitrogen and oxygen atoms in total. The van der Waals surface area contributed by atoms with Crippen molar-refractivity contribution in [2.45, 2.75) is 26.8 Å². The molecule has 0 amide bonds. The van der Waals surface area contributed by atoms with Gasteiger partial charge in [-0.2, -0.15) is 8.42 Å². The van der Waals surface area contributed by atoms with Gasteiger partial charge in [-0.3, -0.25) is 0 Å². The number of aryl methyl sites for hydroxylation is 1. The molecule has 0 aliphatic rings. The third-order valence-electron chi connectivity index (χ3n) is 2.53. The molecule has 1 aromatic heterocycles. The second kappa shape index (κ2) is 6.53. The molecule has 8 heteroatoms. The van der Waals surface area contributed by atoms with Crippen LogP contribution in [0.3, 0.4) is 0 Å². The van der Waals surface area contributed by atoms with Crippen molar-refractivity contribution in [3.63, 3.8) is 0 Å². The van der Waals surface area contributed by atoms with Gasteiger partial charge in [0.25, 0.3) is 0 Å². The molecule has 0 N–H and O–H groups in total. The van der Waals surface area contributed by atoms with Gasteiger partial charge in [0, 0.05) is 13.1 Å². The predicted molar refractivity (Wildman–Crippen MR) is 83.2 cm³/mol. The Morgan fingerprint density at radius 1 is 1.50 bits per heavy atom. The highest BCUT2D eigenvalue weighted by Gasteiger charge is 2.13. The van der Waals surface area contributed by atoms with E-state index < -0.39 is 10.1 Å². The van der Waals surface area contributed by atoms with Crippen molar-refractivity contribution in [2.24, 2.45) is 4.99 Å². The smallest absolute Gasteiger partial charge is 0.307 e. The first-order valence-electron chi connectivity index (χ1n) is 5.93. The van der Waals surface area contributed by atoms with Crippen LogP contribution in [0, 0.1) is 6.92 Å². The minimum atomic E-state index is -3.61. The Labute approximate surface area is 128 Å². The fraction of sp³-hybridized carbons (Fsp3) is 0.500. The minimum Gasteiger partial charge on any atom is -0.363 e. The average molecular weight is 364 g/mol. The van der Waals surface area contributed by atoms with Gasteiger partial charge in [-0.1, -0.05) is 0 Å². The number of hydrogen-bond acceptors (Lipinski definition) is 5. The zero-order valence-corrected chi connectivity index (χ0v) is 14.5. The van der Waals surface area contributed by atoms with Crippen LogP contribution in [-0.2, 0) is 10.1 Å². The zero-order chi connectivity index (χ0) is 15.5. The van der Waals surface area contributed by atoms with Gasteiger partial charge in [0.1, 0.15) is 0 Å². The lowest BCUT2D eigenvalue weighted by atomic mass is 10.3. The third kappa shape index (κ3) is 5.09. The normalized spacial score (nSPS) is 12.2. The molecule has 0 spiro atoms. The van der Waals surface area contributed by atoms with E-state index in [2.05, 4.69) is 39.8 Å². The molecular weight excluding hydrogens is 346 g/mol. The number of rotatable bonds is 5. The quantitative estimate of drug-likeness (QED) is 0.456. The lowest BCUT2D eigenvalue weighted by Crippen LogP contribution is -2.24. The number of aliphatic imine (C=N–C) groups is 1. The molecular formula is C12H18BrN3O3S. The van der Waals surface area contributed by atoms with Gasteiger partial charge in [-0.15, -0.1) is 0 Å². The first-order valence-corrected chi connectivity index (χ1v) is 8.54. The van der Waals surface area contributed by atoms with E-state index in [1.165, 1.54) is 0 Å². The molecule has 1 aromatic rings. The maximum Gasteiger partial charge on any atom is 0.307 e. The van der Waals surface area contributed by atoms with E-state index in [1.54, 1.807) is 19.3 Å². The van der Waals surface area contributed by atoms with Crippen LogP contribution in [0.5, 0.6) is 5.88 Å². The zero-order valence-electron chi connectivity index (χ0n) is 12.1. The molecule has 0 aromatic carbocycles. The second-order valence-electron chi connectivity index (χ2n) is 4.67. The topological polar surface area (TPSA) is 71.9 Å². The van der Waals surface area contributed by atoms with E-state index in [1.807, 2.05) is 11.9 Å². The fourth-order valence-corrected chi connectivity index (χ4v) is 2.08. The molecule has 112 valence electrons. The van der Waals surface area contributed by atoms with Crippen LogP contribution >= 0.6 is 15.9 Å². The van der Waals surface area contributed by atoms with E-state index in [0.29, 0.717) is 21.9 Å². The summed E-state index contributed by atoms with van der Waals surface area (Å²) in [6, 6.07) is 2.01. The molecule has 0 unspecified atom stereocenters. The van der Waals surface area contributed by atoms with Crippen molar-refractivity contribution in [3.8, 4) is 5.88 Å². The third-order valence-corrected chi connectivity index (χ3v) is 3.56. The summed E-state index contributed by atoms with van der Waals surface area (Å²) in [7, 11) is -1.68. The molecule has 0 fully saturated rings. The van der Waals surface area contributed by atoms with Gasteiger partial charge in [-0.25, -0.2) is 9.98 Å². The monoisotopic (exact) mass is 363 g/mol. The largest absolute Gasteiger partial charge is 0.363 e. The molecule has 0 saturated heterocycles. The van der Waals surface area contributed by atoms with Crippen molar-refractivity contribution >= 4 is 38.1 Å². The lowest BCUT2D eigenvalue weighted by Gasteiger charge is -2.17. The predicted octanol–water partition coefficient (Wildman–Crippen LogP) is 2.49. The van der Waals surface area contributed by atoms with Gasteiger partial charge < -0.3 is 9.08 Å². The van der Waals surface area contributed by atoms with Crippen molar-refractivity contribution in [1.82, 2.24) is 9.88 Å². The van der Waals surface area contributed by atoms with Crippen LogP contribution < -0.4 is 4.18 Å². The summed E-state index contributed by atoms with van der Waals surface area (Å²) in [5, 5.41) is 0. The summed E-state index contributed by atoms with van der Waals surface area (Å²) >= 11 is 3.23. The van der Waals surface area contributed by atoms with Crippen molar-refractivity contribution in [3.05, 3.63) is 16.2 Å². The highest BCUT2D eigenvalue weighted by atomic mass is 79.9. The van der Waals surface area contributed by atoms with E-state index in [0.717, 1.165) is 6.26 Å². The second-order valence-corrected chi connectivity index (χ2v) is 7.10. The summed E-state index contributed by atoms with van der Waals surface area (Å²) in [4.78, 5) is 10.4. The molecule has 1 rings (SSSR count). The average Bonchev–Trinajstić information content (AvgIpc) is 2.29. The molecule has 20 heavy (non-hydrogen) atoms. The Morgan fingerprint density at radius 2 is 2.10 bits per heavy atom. The molecule has 0 aliphatic carbocycles. The summed E-state index contributed by atoms with van der Waals surface area (Å²) < 4.78 is 27.5. The molecule has 0 radical (unpaired) electrons. The fourth-order valence-electron chi connectivity index (χ4n) is 1.17. The SMILES string of the molecule is Cc1nc(OS(C)(=O)=O)c(Br)cc1N=CN(C)C(C)C. The van der Waals surface area contributed by atoms with Crippen LogP contribution in [-0.4, -0.2) is 44.0 Å². The van der Waals surface area contributed by atoms with Crippen molar-refractivity contribution in [2.75, 3.05) is 13.3 Å². The molecule has 0 atom stereocenters. The van der Waals surface area contributed by atoms with Crippen molar-refractivity contribution in [1.29, 1.82) is 0 Å². The molecule has 0 bridgehead atoms. The summed E-state index contributed by atoms with van der Waals surface area (Å²) in [6.07, 6.45) is 2.68. The Kier molecular flexibility index (Phi) is 5.52. The maximum atomic E-state index is 11.1. The van der Waals surface area contributed by atoms with Crippen LogP contribution in [0.2, 0.25) is 0 Å². The van der Waals surface area contributed by atoms with Gasteiger partial charge in [0.2, 0.25) is 5.88 Å². The Balaban J connectivity index is 3.06. The van der Waals surface area contributed by atoms with Crippen LogP contribution in [0.4, 0.5) is 5.69 Å². The van der Waals surface area contributed by atoms with Gasteiger partial charge in [-0.05, 0) is 42.8 Å². The van der Waals surface area contributed by atoms with E-state index >= 15 is 0 Å². The first-order chi connectivity index (χ1) is 9.10. The molecule has 0 aliphatic heterocycles. The van der Waals surface area contributed by atoms with Crippen LogP contribution in [0.25, 0.3) is 0 Å². The highest BCUT2D eigenvalue weighted by molar-refractivity contribution is 9.10. The first kappa shape index (κ1) is 16.9.